The summed E-state index contributed by atoms with van der Waals surface area (Å²) in [5, 5.41) is 18.1. The Kier molecular flexibility index (Phi) is 9.10. The lowest BCUT2D eigenvalue weighted by Gasteiger charge is -2.16. The molecule has 0 spiro atoms. The molecule has 1 aromatic heterocycles. The van der Waals surface area contributed by atoms with Crippen molar-refractivity contribution in [2.75, 3.05) is 21.3 Å². The Morgan fingerprint density at radius 2 is 1.63 bits per heavy atom. The number of hydrogen-bond acceptors (Lipinski definition) is 7. The van der Waals surface area contributed by atoms with Gasteiger partial charge in [-0.3, -0.25) is 4.98 Å². The van der Waals surface area contributed by atoms with Crippen molar-refractivity contribution in [3.05, 3.63) is 47.8 Å². The van der Waals surface area contributed by atoms with E-state index in [4.69, 9.17) is 34.0 Å². The van der Waals surface area contributed by atoms with E-state index >= 15 is 0 Å². The van der Waals surface area contributed by atoms with Crippen molar-refractivity contribution in [3.8, 4) is 17.2 Å². The zero-order valence-corrected chi connectivity index (χ0v) is 15.3. The van der Waals surface area contributed by atoms with Gasteiger partial charge in [-0.05, 0) is 17.7 Å². The molecule has 9 nitrogen and oxygen atoms in total. The second-order valence-corrected chi connectivity index (χ2v) is 5.07. The van der Waals surface area contributed by atoms with Crippen molar-refractivity contribution in [3.63, 3.8) is 0 Å². The van der Waals surface area contributed by atoms with Crippen LogP contribution in [0.2, 0.25) is 0 Å². The van der Waals surface area contributed by atoms with E-state index in [1.165, 1.54) is 0 Å². The fourth-order valence-electron chi connectivity index (χ4n) is 2.15. The molecule has 0 fully saturated rings. The SMILES string of the molecule is COc1ccc(CNCc2cccnc2)c(OC)c1OC.O=C(O)C(=O)O. The van der Waals surface area contributed by atoms with E-state index in [2.05, 4.69) is 10.3 Å². The largest absolute Gasteiger partial charge is 0.493 e. The summed E-state index contributed by atoms with van der Waals surface area (Å²) in [6.45, 7) is 1.41. The molecule has 9 heteroatoms. The van der Waals surface area contributed by atoms with Crippen molar-refractivity contribution in [2.24, 2.45) is 0 Å². The van der Waals surface area contributed by atoms with Gasteiger partial charge in [-0.1, -0.05) is 12.1 Å². The zero-order chi connectivity index (χ0) is 20.2. The molecule has 0 aliphatic heterocycles. The summed E-state index contributed by atoms with van der Waals surface area (Å²) in [5.41, 5.74) is 2.15. The molecule has 0 amide bonds. The highest BCUT2D eigenvalue weighted by Gasteiger charge is 2.15. The van der Waals surface area contributed by atoms with Gasteiger partial charge >= 0.3 is 11.9 Å². The van der Waals surface area contributed by atoms with Gasteiger partial charge in [0.1, 0.15) is 0 Å². The molecule has 0 atom stereocenters. The molecular weight excluding hydrogens is 356 g/mol. The minimum absolute atomic E-state index is 0.612. The van der Waals surface area contributed by atoms with Crippen LogP contribution < -0.4 is 19.5 Å². The van der Waals surface area contributed by atoms with E-state index in [-0.39, 0.29) is 0 Å². The van der Waals surface area contributed by atoms with Crippen molar-refractivity contribution >= 4 is 11.9 Å². The number of benzene rings is 1. The standard InChI is InChI=1S/C16H20N2O3.C2H2O4/c1-19-14-7-6-13(15(20-2)16(14)21-3)11-18-10-12-5-4-8-17-9-12;3-1(4)2(5)6/h4-9,18H,10-11H2,1-3H3;(H,3,4)(H,5,6). The number of methoxy groups -OCH3 is 3. The van der Waals surface area contributed by atoms with Gasteiger partial charge in [0.25, 0.3) is 0 Å². The molecule has 0 radical (unpaired) electrons. The second-order valence-electron chi connectivity index (χ2n) is 5.07. The number of aromatic nitrogens is 1. The van der Waals surface area contributed by atoms with Crippen LogP contribution in [0.3, 0.4) is 0 Å². The number of carbonyl (C=O) groups is 2. The van der Waals surface area contributed by atoms with Gasteiger partial charge in [0.2, 0.25) is 5.75 Å². The monoisotopic (exact) mass is 378 g/mol. The van der Waals surface area contributed by atoms with E-state index in [0.29, 0.717) is 23.8 Å². The van der Waals surface area contributed by atoms with Crippen LogP contribution in [0.4, 0.5) is 0 Å². The third-order valence-electron chi connectivity index (χ3n) is 3.34. The summed E-state index contributed by atoms with van der Waals surface area (Å²) < 4.78 is 16.1. The molecule has 146 valence electrons. The van der Waals surface area contributed by atoms with Crippen LogP contribution in [0.1, 0.15) is 11.1 Å². The molecule has 0 aliphatic rings. The number of carboxylic acid groups (broad SMARTS) is 2. The number of hydrogen-bond donors (Lipinski definition) is 3. The third-order valence-corrected chi connectivity index (χ3v) is 3.34. The molecule has 2 aromatic rings. The molecule has 2 rings (SSSR count). The highest BCUT2D eigenvalue weighted by Crippen LogP contribution is 2.39. The Labute approximate surface area is 156 Å². The maximum Gasteiger partial charge on any atom is 0.414 e. The summed E-state index contributed by atoms with van der Waals surface area (Å²) in [4.78, 5) is 22.3. The van der Waals surface area contributed by atoms with Crippen LogP contribution in [0.15, 0.2) is 36.7 Å². The van der Waals surface area contributed by atoms with Gasteiger partial charge < -0.3 is 29.7 Å². The van der Waals surface area contributed by atoms with E-state index < -0.39 is 11.9 Å². The molecular formula is C18H22N2O7. The molecule has 0 saturated carbocycles. The van der Waals surface area contributed by atoms with Crippen LogP contribution in [0.25, 0.3) is 0 Å². The summed E-state index contributed by atoms with van der Waals surface area (Å²) in [5.74, 6) is -1.69. The number of pyridine rings is 1. The van der Waals surface area contributed by atoms with Gasteiger partial charge in [-0.15, -0.1) is 0 Å². The zero-order valence-electron chi connectivity index (χ0n) is 15.3. The predicted octanol–water partition coefficient (Wildman–Crippen LogP) is 1.55. The topological polar surface area (TPSA) is 127 Å². The molecule has 0 saturated heterocycles. The Bertz CT molecular complexity index is 739. The fourth-order valence-corrected chi connectivity index (χ4v) is 2.15. The van der Waals surface area contributed by atoms with Crippen molar-refractivity contribution in [2.45, 2.75) is 13.1 Å². The fraction of sp³-hybridized carbons (Fsp3) is 0.278. The highest BCUT2D eigenvalue weighted by atomic mass is 16.5. The first-order valence-corrected chi connectivity index (χ1v) is 7.78. The third kappa shape index (κ3) is 6.83. The number of ether oxygens (including phenoxy) is 3. The predicted molar refractivity (Wildman–Crippen MR) is 96.2 cm³/mol. The molecule has 0 bridgehead atoms. The Morgan fingerprint density at radius 1 is 0.963 bits per heavy atom. The lowest BCUT2D eigenvalue weighted by molar-refractivity contribution is -0.159. The smallest absolute Gasteiger partial charge is 0.414 e. The number of nitrogens with zero attached hydrogens (tertiary/aromatic N) is 1. The number of aliphatic carboxylic acids is 2. The van der Waals surface area contributed by atoms with Crippen molar-refractivity contribution in [1.29, 1.82) is 0 Å². The lowest BCUT2D eigenvalue weighted by atomic mass is 10.1. The number of rotatable bonds is 7. The van der Waals surface area contributed by atoms with Crippen LogP contribution in [-0.4, -0.2) is 48.5 Å². The average Bonchev–Trinajstić information content (AvgIpc) is 2.68. The van der Waals surface area contributed by atoms with Crippen LogP contribution in [-0.2, 0) is 22.7 Å². The second kappa shape index (κ2) is 11.3. The van der Waals surface area contributed by atoms with Crippen molar-refractivity contribution in [1.82, 2.24) is 10.3 Å². The first kappa shape index (κ1) is 21.7. The van der Waals surface area contributed by atoms with Crippen LogP contribution in [0.5, 0.6) is 17.2 Å². The Balaban J connectivity index is 0.000000527. The number of nitrogens with one attached hydrogen (secondary N) is 1. The van der Waals surface area contributed by atoms with E-state index in [1.807, 2.05) is 30.5 Å². The molecule has 3 N–H and O–H groups in total. The molecule has 0 aliphatic carbocycles. The summed E-state index contributed by atoms with van der Waals surface area (Å²) in [6, 6.07) is 7.80. The summed E-state index contributed by atoms with van der Waals surface area (Å²) in [7, 11) is 4.84. The van der Waals surface area contributed by atoms with Gasteiger partial charge in [0.05, 0.1) is 21.3 Å². The highest BCUT2D eigenvalue weighted by molar-refractivity contribution is 6.27. The Morgan fingerprint density at radius 3 is 2.11 bits per heavy atom. The van der Waals surface area contributed by atoms with E-state index in [9.17, 15) is 0 Å². The van der Waals surface area contributed by atoms with E-state index in [0.717, 1.165) is 17.7 Å². The minimum Gasteiger partial charge on any atom is -0.493 e. The van der Waals surface area contributed by atoms with Gasteiger partial charge in [-0.2, -0.15) is 0 Å². The molecule has 27 heavy (non-hydrogen) atoms. The maximum absolute atomic E-state index is 9.10. The molecule has 0 unspecified atom stereocenters. The summed E-state index contributed by atoms with van der Waals surface area (Å²) >= 11 is 0. The summed E-state index contributed by atoms with van der Waals surface area (Å²) in [6.07, 6.45) is 3.61. The average molecular weight is 378 g/mol. The van der Waals surface area contributed by atoms with E-state index in [1.54, 1.807) is 27.5 Å². The minimum atomic E-state index is -1.82. The molecule has 1 heterocycles. The van der Waals surface area contributed by atoms with Crippen LogP contribution in [0, 0.1) is 0 Å². The van der Waals surface area contributed by atoms with Gasteiger partial charge in [-0.25, -0.2) is 9.59 Å². The quantitative estimate of drug-likeness (QED) is 0.615. The van der Waals surface area contributed by atoms with Crippen LogP contribution >= 0.6 is 0 Å². The van der Waals surface area contributed by atoms with Gasteiger partial charge in [0, 0.05) is 31.0 Å². The Hall–Kier alpha value is -3.33. The van der Waals surface area contributed by atoms with Crippen molar-refractivity contribution < 1.29 is 34.0 Å². The first-order chi connectivity index (χ1) is 12.9. The number of carboxylic acids is 2. The normalized spacial score (nSPS) is 9.59. The van der Waals surface area contributed by atoms with Gasteiger partial charge in [0.15, 0.2) is 11.5 Å². The first-order valence-electron chi connectivity index (χ1n) is 7.78. The maximum atomic E-state index is 9.10. The lowest BCUT2D eigenvalue weighted by Crippen LogP contribution is -2.14. The molecule has 1 aromatic carbocycles.